The van der Waals surface area contributed by atoms with Gasteiger partial charge in [0.1, 0.15) is 11.6 Å². The maximum absolute atomic E-state index is 12.6. The van der Waals surface area contributed by atoms with Crippen LogP contribution in [0.1, 0.15) is 16.8 Å². The van der Waals surface area contributed by atoms with Crippen LogP contribution in [0.3, 0.4) is 0 Å². The molecule has 6 nitrogen and oxygen atoms in total. The monoisotopic (exact) mass is 402 g/mol. The summed E-state index contributed by atoms with van der Waals surface area (Å²) in [6, 6.07) is 9.32. The van der Waals surface area contributed by atoms with Crippen molar-refractivity contribution in [2.45, 2.75) is 25.9 Å². The molecular weight excluding hydrogens is 385 g/mol. The van der Waals surface area contributed by atoms with Crippen LogP contribution >= 0.6 is 0 Å². The van der Waals surface area contributed by atoms with Crippen LogP contribution in [0.4, 0.5) is 13.2 Å². The minimum absolute atomic E-state index is 0.180. The van der Waals surface area contributed by atoms with Crippen LogP contribution in [-0.4, -0.2) is 32.8 Å². The number of fused-ring (bicyclic) bond motifs is 1. The molecule has 0 fully saturated rings. The van der Waals surface area contributed by atoms with Crippen molar-refractivity contribution in [1.82, 2.24) is 19.9 Å². The number of aromatic amines is 1. The predicted octanol–water partition coefficient (Wildman–Crippen LogP) is 3.29. The largest absolute Gasteiger partial charge is 0.573 e. The molecule has 1 aliphatic heterocycles. The fourth-order valence-corrected chi connectivity index (χ4v) is 3.32. The van der Waals surface area contributed by atoms with E-state index >= 15 is 0 Å². The van der Waals surface area contributed by atoms with Gasteiger partial charge in [0, 0.05) is 44.0 Å². The summed E-state index contributed by atoms with van der Waals surface area (Å²) in [7, 11) is 0. The quantitative estimate of drug-likeness (QED) is 0.725. The zero-order valence-electron chi connectivity index (χ0n) is 15.2. The molecule has 0 amide bonds. The van der Waals surface area contributed by atoms with Gasteiger partial charge in [-0.05, 0) is 29.8 Å². The van der Waals surface area contributed by atoms with Crippen LogP contribution in [0.15, 0.2) is 53.6 Å². The number of ether oxygens (including phenoxy) is 1. The fraction of sp³-hybridized carbons (Fsp3) is 0.250. The van der Waals surface area contributed by atoms with E-state index < -0.39 is 6.36 Å². The molecular formula is C20H17F3N4O2. The van der Waals surface area contributed by atoms with Crippen molar-refractivity contribution in [2.75, 3.05) is 6.54 Å². The maximum atomic E-state index is 12.6. The molecule has 0 saturated heterocycles. The Labute approximate surface area is 164 Å². The van der Waals surface area contributed by atoms with Crippen molar-refractivity contribution in [3.63, 3.8) is 0 Å². The number of aromatic nitrogens is 3. The van der Waals surface area contributed by atoms with E-state index in [1.807, 2.05) is 0 Å². The standard InChI is InChI=1S/C20H17F3N4O2/c21-20(22,23)29-15-3-1-13(2-4-15)11-27-10-7-17-16(12-27)19(28)26-18(25-17)14-5-8-24-9-6-14/h1-6,8-9H,7,10-12H2,(H,25,26,28). The topological polar surface area (TPSA) is 71.1 Å². The first-order chi connectivity index (χ1) is 13.9. The first-order valence-corrected chi connectivity index (χ1v) is 8.97. The van der Waals surface area contributed by atoms with E-state index in [2.05, 4.69) is 24.6 Å². The number of H-pyrrole nitrogens is 1. The van der Waals surface area contributed by atoms with Crippen LogP contribution in [0, 0.1) is 0 Å². The van der Waals surface area contributed by atoms with Gasteiger partial charge in [0.15, 0.2) is 0 Å². The number of benzene rings is 1. The third-order valence-electron chi connectivity index (χ3n) is 4.66. The summed E-state index contributed by atoms with van der Waals surface area (Å²) < 4.78 is 40.7. The molecule has 9 heteroatoms. The van der Waals surface area contributed by atoms with Crippen molar-refractivity contribution in [2.24, 2.45) is 0 Å². The third-order valence-corrected chi connectivity index (χ3v) is 4.66. The van der Waals surface area contributed by atoms with Crippen molar-refractivity contribution < 1.29 is 17.9 Å². The van der Waals surface area contributed by atoms with Gasteiger partial charge in [-0.25, -0.2) is 4.98 Å². The molecule has 0 aliphatic carbocycles. The molecule has 1 aliphatic rings. The molecule has 0 radical (unpaired) electrons. The molecule has 4 rings (SSSR count). The smallest absolute Gasteiger partial charge is 0.406 e. The van der Waals surface area contributed by atoms with E-state index in [1.165, 1.54) is 12.1 Å². The van der Waals surface area contributed by atoms with Gasteiger partial charge in [-0.1, -0.05) is 12.1 Å². The highest BCUT2D eigenvalue weighted by Gasteiger charge is 2.31. The average molecular weight is 402 g/mol. The number of alkyl halides is 3. The molecule has 1 aromatic carbocycles. The number of hydrogen-bond acceptors (Lipinski definition) is 5. The maximum Gasteiger partial charge on any atom is 0.573 e. The normalized spacial score (nSPS) is 14.4. The zero-order valence-corrected chi connectivity index (χ0v) is 15.2. The van der Waals surface area contributed by atoms with E-state index in [0.29, 0.717) is 37.4 Å². The number of hydrogen-bond donors (Lipinski definition) is 1. The first-order valence-electron chi connectivity index (χ1n) is 8.97. The highest BCUT2D eigenvalue weighted by Crippen LogP contribution is 2.24. The lowest BCUT2D eigenvalue weighted by Gasteiger charge is -2.27. The number of pyridine rings is 1. The number of rotatable bonds is 4. The molecule has 0 spiro atoms. The third kappa shape index (κ3) is 4.62. The van der Waals surface area contributed by atoms with Crippen molar-refractivity contribution >= 4 is 0 Å². The van der Waals surface area contributed by atoms with Gasteiger partial charge in [-0.2, -0.15) is 0 Å². The predicted molar refractivity (Wildman–Crippen MR) is 99.0 cm³/mol. The van der Waals surface area contributed by atoms with Crippen molar-refractivity contribution in [3.8, 4) is 17.1 Å². The molecule has 3 aromatic rings. The Balaban J connectivity index is 1.47. The Bertz CT molecular complexity index is 1050. The van der Waals surface area contributed by atoms with E-state index in [4.69, 9.17) is 0 Å². The number of nitrogens with one attached hydrogen (secondary N) is 1. The summed E-state index contributed by atoms with van der Waals surface area (Å²) in [6.07, 6.45) is -0.809. The van der Waals surface area contributed by atoms with Gasteiger partial charge in [0.25, 0.3) is 5.56 Å². The minimum atomic E-state index is -4.71. The second-order valence-corrected chi connectivity index (χ2v) is 6.73. The summed E-state index contributed by atoms with van der Waals surface area (Å²) in [4.78, 5) is 26.0. The Kier molecular flexibility index (Phi) is 5.06. The van der Waals surface area contributed by atoms with E-state index in [1.54, 1.807) is 36.7 Å². The lowest BCUT2D eigenvalue weighted by atomic mass is 10.1. The highest BCUT2D eigenvalue weighted by atomic mass is 19.4. The van der Waals surface area contributed by atoms with Crippen molar-refractivity contribution in [1.29, 1.82) is 0 Å². The summed E-state index contributed by atoms with van der Waals surface area (Å²) in [5, 5.41) is 0. The molecule has 0 saturated carbocycles. The Morgan fingerprint density at radius 1 is 1.10 bits per heavy atom. The summed E-state index contributed by atoms with van der Waals surface area (Å²) in [6.45, 7) is 1.63. The first kappa shape index (κ1) is 19.1. The highest BCUT2D eigenvalue weighted by molar-refractivity contribution is 5.54. The summed E-state index contributed by atoms with van der Waals surface area (Å²) in [5.74, 6) is 0.263. The molecule has 3 heterocycles. The van der Waals surface area contributed by atoms with Crippen LogP contribution < -0.4 is 10.3 Å². The molecule has 0 atom stereocenters. The van der Waals surface area contributed by atoms with Crippen LogP contribution in [0.25, 0.3) is 11.4 Å². The van der Waals surface area contributed by atoms with Crippen LogP contribution in [-0.2, 0) is 19.5 Å². The second-order valence-electron chi connectivity index (χ2n) is 6.73. The zero-order chi connectivity index (χ0) is 20.4. The lowest BCUT2D eigenvalue weighted by molar-refractivity contribution is -0.274. The van der Waals surface area contributed by atoms with Gasteiger partial charge in [-0.3, -0.25) is 14.7 Å². The number of nitrogens with zero attached hydrogens (tertiary/aromatic N) is 3. The summed E-state index contributed by atoms with van der Waals surface area (Å²) in [5.41, 5.74) is 2.83. The Morgan fingerprint density at radius 2 is 1.83 bits per heavy atom. The SMILES string of the molecule is O=c1[nH]c(-c2ccncc2)nc2c1CN(Cc1ccc(OC(F)(F)F)cc1)CC2. The van der Waals surface area contributed by atoms with Gasteiger partial charge >= 0.3 is 6.36 Å². The summed E-state index contributed by atoms with van der Waals surface area (Å²) >= 11 is 0. The van der Waals surface area contributed by atoms with E-state index in [9.17, 15) is 18.0 Å². The van der Waals surface area contributed by atoms with Crippen LogP contribution in [0.2, 0.25) is 0 Å². The minimum Gasteiger partial charge on any atom is -0.406 e. The van der Waals surface area contributed by atoms with E-state index in [-0.39, 0.29) is 11.3 Å². The molecule has 150 valence electrons. The second kappa shape index (κ2) is 7.67. The van der Waals surface area contributed by atoms with Gasteiger partial charge < -0.3 is 9.72 Å². The molecule has 1 N–H and O–H groups in total. The average Bonchev–Trinajstić information content (AvgIpc) is 2.69. The lowest BCUT2D eigenvalue weighted by Crippen LogP contribution is -2.35. The Hall–Kier alpha value is -3.20. The van der Waals surface area contributed by atoms with Gasteiger partial charge in [0.2, 0.25) is 0 Å². The van der Waals surface area contributed by atoms with Gasteiger partial charge in [0.05, 0.1) is 11.3 Å². The molecule has 29 heavy (non-hydrogen) atoms. The number of halogens is 3. The van der Waals surface area contributed by atoms with E-state index in [0.717, 1.165) is 16.8 Å². The Morgan fingerprint density at radius 3 is 2.52 bits per heavy atom. The fourth-order valence-electron chi connectivity index (χ4n) is 3.32. The van der Waals surface area contributed by atoms with Crippen molar-refractivity contribution in [3.05, 3.63) is 76.0 Å². The van der Waals surface area contributed by atoms with Crippen LogP contribution in [0.5, 0.6) is 5.75 Å². The van der Waals surface area contributed by atoms with Gasteiger partial charge in [-0.15, -0.1) is 13.2 Å². The molecule has 2 aromatic heterocycles. The molecule has 0 unspecified atom stereocenters. The molecule has 0 bridgehead atoms.